The molecule has 0 unspecified atom stereocenters. The van der Waals surface area contributed by atoms with E-state index in [1.165, 1.54) is 21.3 Å². The standard InChI is InChI=1S/C24H20Cl2N2O6/c1-30-20-8-13(9-21(31-2)23(20)32-3)24-28-17-11-15(5-7-19(17)34-24)27-22(29)12-33-18-6-4-14(25)10-16(18)26/h4-11H,12H2,1-3H3,(H,27,29). The number of carbonyl (C=O) groups excluding carboxylic acids is 1. The number of hydrogen-bond acceptors (Lipinski definition) is 7. The fourth-order valence-corrected chi connectivity index (χ4v) is 3.73. The molecule has 4 aromatic rings. The number of aromatic nitrogens is 1. The third-order valence-electron chi connectivity index (χ3n) is 4.84. The van der Waals surface area contributed by atoms with E-state index in [-0.39, 0.29) is 12.5 Å². The summed E-state index contributed by atoms with van der Waals surface area (Å²) in [5.41, 5.74) is 2.28. The highest BCUT2D eigenvalue weighted by Gasteiger charge is 2.18. The average Bonchev–Trinajstić information content (AvgIpc) is 3.26. The number of nitrogens with zero attached hydrogens (tertiary/aromatic N) is 1. The van der Waals surface area contributed by atoms with E-state index >= 15 is 0 Å². The summed E-state index contributed by atoms with van der Waals surface area (Å²) < 4.78 is 27.5. The number of hydrogen-bond donors (Lipinski definition) is 1. The van der Waals surface area contributed by atoms with Crippen molar-refractivity contribution in [3.63, 3.8) is 0 Å². The molecule has 0 aliphatic rings. The van der Waals surface area contributed by atoms with E-state index in [0.29, 0.717) is 61.3 Å². The van der Waals surface area contributed by atoms with Gasteiger partial charge in [-0.2, -0.15) is 0 Å². The number of carbonyl (C=O) groups is 1. The number of halogens is 2. The summed E-state index contributed by atoms with van der Waals surface area (Å²) in [6.07, 6.45) is 0. The normalized spacial score (nSPS) is 10.7. The summed E-state index contributed by atoms with van der Waals surface area (Å²) in [5.74, 6) is 1.79. The van der Waals surface area contributed by atoms with Crippen LogP contribution in [0.1, 0.15) is 0 Å². The zero-order valence-electron chi connectivity index (χ0n) is 18.5. The molecule has 1 aromatic heterocycles. The number of amides is 1. The quantitative estimate of drug-likeness (QED) is 0.323. The van der Waals surface area contributed by atoms with Crippen molar-refractivity contribution in [1.82, 2.24) is 4.98 Å². The first-order valence-electron chi connectivity index (χ1n) is 10.0. The van der Waals surface area contributed by atoms with Crippen LogP contribution in [0.4, 0.5) is 5.69 Å². The number of anilines is 1. The summed E-state index contributed by atoms with van der Waals surface area (Å²) in [4.78, 5) is 16.9. The van der Waals surface area contributed by atoms with E-state index in [9.17, 15) is 4.79 Å². The van der Waals surface area contributed by atoms with Crippen LogP contribution in [-0.2, 0) is 4.79 Å². The SMILES string of the molecule is COc1cc(-c2nc3cc(NC(=O)COc4ccc(Cl)cc4Cl)ccc3o2)cc(OC)c1OC. The lowest BCUT2D eigenvalue weighted by Crippen LogP contribution is -2.20. The van der Waals surface area contributed by atoms with Crippen molar-refractivity contribution < 1.29 is 28.2 Å². The Morgan fingerprint density at radius 1 is 0.941 bits per heavy atom. The van der Waals surface area contributed by atoms with Gasteiger partial charge in [-0.3, -0.25) is 4.79 Å². The zero-order valence-corrected chi connectivity index (χ0v) is 20.0. The van der Waals surface area contributed by atoms with E-state index in [0.717, 1.165) is 0 Å². The predicted octanol–water partition coefficient (Wildman–Crippen LogP) is 5.84. The van der Waals surface area contributed by atoms with Crippen LogP contribution in [-0.4, -0.2) is 38.8 Å². The molecule has 1 N–H and O–H groups in total. The lowest BCUT2D eigenvalue weighted by molar-refractivity contribution is -0.118. The fraction of sp³-hybridized carbons (Fsp3) is 0.167. The van der Waals surface area contributed by atoms with Crippen molar-refractivity contribution in [1.29, 1.82) is 0 Å². The molecule has 0 atom stereocenters. The van der Waals surface area contributed by atoms with Crippen LogP contribution in [0.5, 0.6) is 23.0 Å². The van der Waals surface area contributed by atoms with Crippen LogP contribution in [0.3, 0.4) is 0 Å². The minimum absolute atomic E-state index is 0.227. The van der Waals surface area contributed by atoms with Gasteiger partial charge in [-0.25, -0.2) is 4.98 Å². The molecule has 0 aliphatic carbocycles. The van der Waals surface area contributed by atoms with E-state index in [1.54, 1.807) is 48.5 Å². The first-order valence-corrected chi connectivity index (χ1v) is 10.8. The minimum atomic E-state index is -0.362. The molecule has 0 aliphatic heterocycles. The van der Waals surface area contributed by atoms with Crippen LogP contribution in [0.25, 0.3) is 22.6 Å². The summed E-state index contributed by atoms with van der Waals surface area (Å²) in [7, 11) is 4.60. The van der Waals surface area contributed by atoms with Crippen LogP contribution in [0.15, 0.2) is 52.9 Å². The Hall–Kier alpha value is -3.62. The highest BCUT2D eigenvalue weighted by Crippen LogP contribution is 2.41. The molecule has 0 fully saturated rings. The third-order valence-corrected chi connectivity index (χ3v) is 5.37. The number of oxazole rings is 1. The van der Waals surface area contributed by atoms with Crippen molar-refractivity contribution in [3.05, 3.63) is 58.6 Å². The molecule has 4 rings (SSSR count). The average molecular weight is 503 g/mol. The van der Waals surface area contributed by atoms with Gasteiger partial charge in [0.1, 0.15) is 11.3 Å². The molecular weight excluding hydrogens is 483 g/mol. The molecule has 176 valence electrons. The number of ether oxygens (including phenoxy) is 4. The molecule has 10 heteroatoms. The summed E-state index contributed by atoms with van der Waals surface area (Å²) >= 11 is 11.9. The number of rotatable bonds is 8. The van der Waals surface area contributed by atoms with Gasteiger partial charge < -0.3 is 28.7 Å². The Bertz CT molecular complexity index is 1330. The summed E-state index contributed by atoms with van der Waals surface area (Å²) in [6.45, 7) is -0.227. The van der Waals surface area contributed by atoms with Crippen molar-refractivity contribution in [2.45, 2.75) is 0 Å². The molecule has 0 radical (unpaired) electrons. The first-order chi connectivity index (χ1) is 16.4. The van der Waals surface area contributed by atoms with Gasteiger partial charge in [-0.1, -0.05) is 23.2 Å². The van der Waals surface area contributed by atoms with E-state index in [4.69, 9.17) is 46.6 Å². The maximum atomic E-state index is 12.3. The van der Waals surface area contributed by atoms with Gasteiger partial charge in [0.15, 0.2) is 23.7 Å². The molecule has 0 bridgehead atoms. The van der Waals surface area contributed by atoms with Crippen molar-refractivity contribution in [3.8, 4) is 34.5 Å². The molecule has 8 nitrogen and oxygen atoms in total. The number of fused-ring (bicyclic) bond motifs is 1. The molecule has 34 heavy (non-hydrogen) atoms. The summed E-state index contributed by atoms with van der Waals surface area (Å²) in [6, 6.07) is 13.4. The molecule has 3 aromatic carbocycles. The largest absolute Gasteiger partial charge is 0.493 e. The highest BCUT2D eigenvalue weighted by molar-refractivity contribution is 6.35. The second-order valence-electron chi connectivity index (χ2n) is 7.03. The molecular formula is C24H20Cl2N2O6. The Morgan fingerprint density at radius 2 is 1.68 bits per heavy atom. The topological polar surface area (TPSA) is 92.1 Å². The van der Waals surface area contributed by atoms with E-state index in [1.807, 2.05) is 0 Å². The van der Waals surface area contributed by atoms with Crippen molar-refractivity contribution in [2.24, 2.45) is 0 Å². The first kappa shape index (κ1) is 23.5. The van der Waals surface area contributed by atoms with Crippen molar-refractivity contribution >= 4 is 45.9 Å². The van der Waals surface area contributed by atoms with Crippen molar-refractivity contribution in [2.75, 3.05) is 33.3 Å². The maximum Gasteiger partial charge on any atom is 0.262 e. The summed E-state index contributed by atoms with van der Waals surface area (Å²) in [5, 5.41) is 3.57. The van der Waals surface area contributed by atoms with Gasteiger partial charge in [0.05, 0.1) is 26.4 Å². The molecule has 1 amide bonds. The van der Waals surface area contributed by atoms with Gasteiger partial charge in [-0.05, 0) is 48.5 Å². The fourth-order valence-electron chi connectivity index (χ4n) is 3.27. The Balaban J connectivity index is 1.51. The minimum Gasteiger partial charge on any atom is -0.493 e. The van der Waals surface area contributed by atoms with Crippen LogP contribution in [0, 0.1) is 0 Å². The van der Waals surface area contributed by atoms with Gasteiger partial charge in [0.2, 0.25) is 11.6 Å². The second kappa shape index (κ2) is 10.1. The van der Waals surface area contributed by atoms with E-state index in [2.05, 4.69) is 10.3 Å². The number of benzene rings is 3. The van der Waals surface area contributed by atoms with Crippen LogP contribution in [0.2, 0.25) is 10.0 Å². The lowest BCUT2D eigenvalue weighted by Gasteiger charge is -2.12. The smallest absolute Gasteiger partial charge is 0.262 e. The van der Waals surface area contributed by atoms with Gasteiger partial charge in [-0.15, -0.1) is 0 Å². The van der Waals surface area contributed by atoms with Crippen LogP contribution < -0.4 is 24.3 Å². The predicted molar refractivity (Wildman–Crippen MR) is 130 cm³/mol. The van der Waals surface area contributed by atoms with E-state index < -0.39 is 0 Å². The molecule has 0 saturated heterocycles. The monoisotopic (exact) mass is 502 g/mol. The molecule has 1 heterocycles. The Labute approximate surface area is 205 Å². The van der Waals surface area contributed by atoms with Gasteiger partial charge >= 0.3 is 0 Å². The maximum absolute atomic E-state index is 12.3. The molecule has 0 spiro atoms. The van der Waals surface area contributed by atoms with Gasteiger partial charge in [0.25, 0.3) is 5.91 Å². The van der Waals surface area contributed by atoms with Crippen LogP contribution >= 0.6 is 23.2 Å². The second-order valence-corrected chi connectivity index (χ2v) is 7.87. The Kier molecular flexibility index (Phi) is 7.00. The number of nitrogens with one attached hydrogen (secondary N) is 1. The molecule has 0 saturated carbocycles. The zero-order chi connectivity index (χ0) is 24.2. The highest BCUT2D eigenvalue weighted by atomic mass is 35.5. The number of methoxy groups -OCH3 is 3. The third kappa shape index (κ3) is 4.98. The lowest BCUT2D eigenvalue weighted by atomic mass is 10.2. The van der Waals surface area contributed by atoms with Gasteiger partial charge in [0, 0.05) is 16.3 Å². The Morgan fingerprint density at radius 3 is 2.32 bits per heavy atom.